The van der Waals surface area contributed by atoms with Crippen molar-refractivity contribution in [1.29, 1.82) is 0 Å². The van der Waals surface area contributed by atoms with E-state index in [0.717, 1.165) is 5.92 Å². The Hall–Kier alpha value is -0.0400. The first-order valence-corrected chi connectivity index (χ1v) is 9.35. The Morgan fingerprint density at radius 2 is 1.05 bits per heavy atom. The van der Waals surface area contributed by atoms with Crippen molar-refractivity contribution < 1.29 is 0 Å². The van der Waals surface area contributed by atoms with Crippen LogP contribution in [0, 0.1) is 5.92 Å². The normalized spacial score (nSPS) is 13.1. The van der Waals surface area contributed by atoms with E-state index in [1.807, 2.05) is 0 Å². The molecular formula is C19H41N. The lowest BCUT2D eigenvalue weighted by molar-refractivity contribution is 0.332. The summed E-state index contributed by atoms with van der Waals surface area (Å²) in [6.45, 7) is 5.88. The van der Waals surface area contributed by atoms with Crippen molar-refractivity contribution in [1.82, 2.24) is 4.90 Å². The van der Waals surface area contributed by atoms with E-state index in [4.69, 9.17) is 0 Å². The van der Waals surface area contributed by atoms with E-state index in [9.17, 15) is 0 Å². The molecule has 1 heteroatoms. The Morgan fingerprint density at radius 3 is 1.55 bits per heavy atom. The van der Waals surface area contributed by atoms with Crippen molar-refractivity contribution in [2.75, 3.05) is 20.6 Å². The van der Waals surface area contributed by atoms with Gasteiger partial charge in [-0.1, -0.05) is 84.5 Å². The summed E-state index contributed by atoms with van der Waals surface area (Å²) < 4.78 is 0. The Kier molecular flexibility index (Phi) is 15.3. The molecule has 0 fully saturated rings. The van der Waals surface area contributed by atoms with Crippen LogP contribution in [0.15, 0.2) is 0 Å². The molecule has 0 saturated carbocycles. The van der Waals surface area contributed by atoms with Crippen molar-refractivity contribution in [3.63, 3.8) is 0 Å². The van der Waals surface area contributed by atoms with Crippen LogP contribution in [0.25, 0.3) is 0 Å². The first-order valence-electron chi connectivity index (χ1n) is 9.35. The maximum atomic E-state index is 2.33. The molecular weight excluding hydrogens is 242 g/mol. The number of rotatable bonds is 15. The zero-order valence-electron chi connectivity index (χ0n) is 14.9. The molecule has 0 radical (unpaired) electrons. The first kappa shape index (κ1) is 20.0. The largest absolute Gasteiger partial charge is 0.309 e. The van der Waals surface area contributed by atoms with Crippen molar-refractivity contribution in [2.45, 2.75) is 97.3 Å². The van der Waals surface area contributed by atoms with Crippen molar-refractivity contribution in [3.8, 4) is 0 Å². The summed E-state index contributed by atoms with van der Waals surface area (Å²) in [5, 5.41) is 0. The number of hydrogen-bond acceptors (Lipinski definition) is 1. The second kappa shape index (κ2) is 15.4. The summed E-state index contributed by atoms with van der Waals surface area (Å²) in [7, 11) is 4.39. The maximum Gasteiger partial charge on any atom is -0.00247 e. The summed E-state index contributed by atoms with van der Waals surface area (Å²) >= 11 is 0. The predicted octanol–water partition coefficient (Wildman–Crippen LogP) is 6.28. The summed E-state index contributed by atoms with van der Waals surface area (Å²) in [5.41, 5.74) is 0. The molecule has 0 saturated heterocycles. The topological polar surface area (TPSA) is 3.24 Å². The van der Waals surface area contributed by atoms with Gasteiger partial charge >= 0.3 is 0 Å². The van der Waals surface area contributed by atoms with Crippen LogP contribution in [0.1, 0.15) is 97.3 Å². The van der Waals surface area contributed by atoms with Crippen LogP contribution in [0.3, 0.4) is 0 Å². The molecule has 0 heterocycles. The quantitative estimate of drug-likeness (QED) is 0.320. The fraction of sp³-hybridized carbons (Fsp3) is 1.00. The van der Waals surface area contributed by atoms with Crippen LogP contribution in [0.4, 0.5) is 0 Å². The lowest BCUT2D eigenvalue weighted by atomic mass is 9.90. The minimum absolute atomic E-state index is 1.01. The highest BCUT2D eigenvalue weighted by Gasteiger charge is 2.08. The Morgan fingerprint density at radius 1 is 0.600 bits per heavy atom. The van der Waals surface area contributed by atoms with Crippen LogP contribution in [0.2, 0.25) is 0 Å². The van der Waals surface area contributed by atoms with Gasteiger partial charge in [0.1, 0.15) is 0 Å². The molecule has 0 bridgehead atoms. The van der Waals surface area contributed by atoms with Gasteiger partial charge in [0, 0.05) is 0 Å². The average Bonchev–Trinajstić information content (AvgIpc) is 2.42. The fourth-order valence-corrected chi connectivity index (χ4v) is 3.03. The molecule has 0 amide bonds. The van der Waals surface area contributed by atoms with Gasteiger partial charge in [0.25, 0.3) is 0 Å². The number of unbranched alkanes of at least 4 members (excludes halogenated alkanes) is 7. The summed E-state index contributed by atoms with van der Waals surface area (Å²) in [4.78, 5) is 2.33. The highest BCUT2D eigenvalue weighted by Crippen LogP contribution is 2.23. The van der Waals surface area contributed by atoms with E-state index in [1.54, 1.807) is 0 Å². The Balaban J connectivity index is 3.73. The standard InChI is InChI=1S/C19H41N/c1-5-7-9-11-13-16-19(15-12-10-8-6-2)17-14-18-20(3)4/h19H,5-18H2,1-4H3. The molecule has 0 N–H and O–H groups in total. The summed E-state index contributed by atoms with van der Waals surface area (Å²) in [6.07, 6.45) is 18.7. The zero-order chi connectivity index (χ0) is 15.1. The van der Waals surface area contributed by atoms with Crippen molar-refractivity contribution >= 4 is 0 Å². The third-order valence-electron chi connectivity index (χ3n) is 4.40. The van der Waals surface area contributed by atoms with E-state index < -0.39 is 0 Å². The predicted molar refractivity (Wildman–Crippen MR) is 93.4 cm³/mol. The van der Waals surface area contributed by atoms with Gasteiger partial charge in [-0.05, 0) is 39.4 Å². The number of hydrogen-bond donors (Lipinski definition) is 0. The minimum atomic E-state index is 1.01. The van der Waals surface area contributed by atoms with Gasteiger partial charge < -0.3 is 4.90 Å². The molecule has 0 spiro atoms. The van der Waals surface area contributed by atoms with Gasteiger partial charge in [0.2, 0.25) is 0 Å². The third kappa shape index (κ3) is 14.4. The molecule has 122 valence electrons. The third-order valence-corrected chi connectivity index (χ3v) is 4.40. The molecule has 0 aliphatic carbocycles. The second-order valence-electron chi connectivity index (χ2n) is 6.86. The molecule has 0 aliphatic rings. The zero-order valence-corrected chi connectivity index (χ0v) is 14.9. The van der Waals surface area contributed by atoms with Crippen LogP contribution in [-0.2, 0) is 0 Å². The van der Waals surface area contributed by atoms with Gasteiger partial charge in [-0.25, -0.2) is 0 Å². The monoisotopic (exact) mass is 283 g/mol. The Labute approximate surface area is 129 Å². The molecule has 0 aromatic heterocycles. The highest BCUT2D eigenvalue weighted by atomic mass is 15.0. The summed E-state index contributed by atoms with van der Waals surface area (Å²) in [6, 6.07) is 0. The van der Waals surface area contributed by atoms with E-state index in [-0.39, 0.29) is 0 Å². The van der Waals surface area contributed by atoms with Gasteiger partial charge in [-0.3, -0.25) is 0 Å². The molecule has 0 rings (SSSR count). The lowest BCUT2D eigenvalue weighted by Gasteiger charge is -2.18. The molecule has 0 aromatic carbocycles. The smallest absolute Gasteiger partial charge is 0.00247 e. The van der Waals surface area contributed by atoms with Crippen LogP contribution in [-0.4, -0.2) is 25.5 Å². The van der Waals surface area contributed by atoms with Crippen LogP contribution in [0.5, 0.6) is 0 Å². The first-order chi connectivity index (χ1) is 9.70. The SMILES string of the molecule is CCCCCCCC(CCCCCC)CCCN(C)C. The fourth-order valence-electron chi connectivity index (χ4n) is 3.03. The van der Waals surface area contributed by atoms with E-state index in [2.05, 4.69) is 32.8 Å². The summed E-state index contributed by atoms with van der Waals surface area (Å²) in [5.74, 6) is 1.01. The van der Waals surface area contributed by atoms with Gasteiger partial charge in [0.05, 0.1) is 0 Å². The molecule has 1 unspecified atom stereocenters. The van der Waals surface area contributed by atoms with Crippen LogP contribution >= 0.6 is 0 Å². The molecule has 0 aliphatic heterocycles. The van der Waals surface area contributed by atoms with E-state index in [1.165, 1.54) is 90.0 Å². The van der Waals surface area contributed by atoms with Crippen LogP contribution < -0.4 is 0 Å². The highest BCUT2D eigenvalue weighted by molar-refractivity contribution is 4.62. The number of nitrogens with zero attached hydrogens (tertiary/aromatic N) is 1. The molecule has 1 atom stereocenters. The van der Waals surface area contributed by atoms with Gasteiger partial charge in [0.15, 0.2) is 0 Å². The minimum Gasteiger partial charge on any atom is -0.309 e. The molecule has 20 heavy (non-hydrogen) atoms. The maximum absolute atomic E-state index is 2.33. The Bertz CT molecular complexity index is 177. The lowest BCUT2D eigenvalue weighted by Crippen LogP contribution is -2.14. The van der Waals surface area contributed by atoms with Crippen molar-refractivity contribution in [3.05, 3.63) is 0 Å². The van der Waals surface area contributed by atoms with Gasteiger partial charge in [-0.2, -0.15) is 0 Å². The second-order valence-corrected chi connectivity index (χ2v) is 6.86. The van der Waals surface area contributed by atoms with E-state index in [0.29, 0.717) is 0 Å². The van der Waals surface area contributed by atoms with Crippen molar-refractivity contribution in [2.24, 2.45) is 5.92 Å². The average molecular weight is 284 g/mol. The molecule has 1 nitrogen and oxygen atoms in total. The van der Waals surface area contributed by atoms with E-state index >= 15 is 0 Å². The van der Waals surface area contributed by atoms with Gasteiger partial charge in [-0.15, -0.1) is 0 Å². The molecule has 0 aromatic rings.